The molecule has 0 fully saturated rings. The largest absolute Gasteiger partial charge is 0.416 e. The molecule has 1 amide bonds. The molecular weight excluding hydrogens is 269 g/mol. The molecule has 110 valence electrons. The molecule has 0 aromatic heterocycles. The lowest BCUT2D eigenvalue weighted by molar-refractivity contribution is -0.137. The molecule has 1 aliphatic heterocycles. The number of nitrogens with one attached hydrogen (secondary N) is 2. The average Bonchev–Trinajstić information content (AvgIpc) is 2.46. The van der Waals surface area contributed by atoms with Gasteiger partial charge in [0.2, 0.25) is 5.91 Å². The van der Waals surface area contributed by atoms with Gasteiger partial charge in [0.25, 0.3) is 0 Å². The lowest BCUT2D eigenvalue weighted by Gasteiger charge is -2.29. The van der Waals surface area contributed by atoms with Gasteiger partial charge in [-0.3, -0.25) is 4.79 Å². The maximum Gasteiger partial charge on any atom is 0.416 e. The topological polar surface area (TPSA) is 41.1 Å². The molecule has 0 aliphatic carbocycles. The smallest absolute Gasteiger partial charge is 0.373 e. The molecule has 1 atom stereocenters. The first-order valence-corrected chi connectivity index (χ1v) is 6.33. The second-order valence-electron chi connectivity index (χ2n) is 6.03. The Kier molecular flexibility index (Phi) is 3.44. The maximum atomic E-state index is 12.7. The number of benzene rings is 1. The molecule has 2 rings (SSSR count). The fourth-order valence-electron chi connectivity index (χ4n) is 2.17. The van der Waals surface area contributed by atoms with Crippen molar-refractivity contribution in [3.8, 4) is 0 Å². The SMILES string of the molecule is CC(C)(C)[C@H]1Nc2ccc(C(F)(F)F)cc2CNC1=O. The van der Waals surface area contributed by atoms with E-state index in [0.717, 1.165) is 12.1 Å². The molecule has 0 saturated carbocycles. The van der Waals surface area contributed by atoms with E-state index in [0.29, 0.717) is 11.3 Å². The van der Waals surface area contributed by atoms with Crippen LogP contribution in [0.1, 0.15) is 31.9 Å². The van der Waals surface area contributed by atoms with E-state index < -0.39 is 17.8 Å². The Balaban J connectivity index is 2.39. The zero-order chi connectivity index (χ0) is 15.1. The first-order chi connectivity index (χ1) is 9.09. The molecule has 2 N–H and O–H groups in total. The van der Waals surface area contributed by atoms with Crippen LogP contribution < -0.4 is 10.6 Å². The van der Waals surface area contributed by atoms with E-state index in [1.807, 2.05) is 20.8 Å². The summed E-state index contributed by atoms with van der Waals surface area (Å²) in [5.74, 6) is -0.206. The third-order valence-corrected chi connectivity index (χ3v) is 3.31. The number of anilines is 1. The van der Waals surface area contributed by atoms with E-state index in [4.69, 9.17) is 0 Å². The number of hydrogen-bond acceptors (Lipinski definition) is 2. The second kappa shape index (κ2) is 4.68. The fourth-order valence-corrected chi connectivity index (χ4v) is 2.17. The first kappa shape index (κ1) is 14.7. The second-order valence-corrected chi connectivity index (χ2v) is 6.03. The number of carbonyl (C=O) groups is 1. The van der Waals surface area contributed by atoms with Crippen molar-refractivity contribution in [1.82, 2.24) is 5.32 Å². The zero-order valence-corrected chi connectivity index (χ0v) is 11.6. The van der Waals surface area contributed by atoms with Gasteiger partial charge in [-0.15, -0.1) is 0 Å². The lowest BCUT2D eigenvalue weighted by Crippen LogP contribution is -2.45. The summed E-state index contributed by atoms with van der Waals surface area (Å²) in [4.78, 5) is 12.0. The van der Waals surface area contributed by atoms with Crippen molar-refractivity contribution >= 4 is 11.6 Å². The van der Waals surface area contributed by atoms with Crippen molar-refractivity contribution in [2.45, 2.75) is 39.5 Å². The van der Waals surface area contributed by atoms with E-state index in [9.17, 15) is 18.0 Å². The summed E-state index contributed by atoms with van der Waals surface area (Å²) in [6.07, 6.45) is -4.38. The number of amides is 1. The van der Waals surface area contributed by atoms with Crippen molar-refractivity contribution in [2.75, 3.05) is 5.32 Å². The van der Waals surface area contributed by atoms with Crippen molar-refractivity contribution in [2.24, 2.45) is 5.41 Å². The molecule has 0 radical (unpaired) electrons. The van der Waals surface area contributed by atoms with Crippen molar-refractivity contribution in [3.05, 3.63) is 29.3 Å². The maximum absolute atomic E-state index is 12.7. The van der Waals surface area contributed by atoms with E-state index in [2.05, 4.69) is 10.6 Å². The number of hydrogen-bond donors (Lipinski definition) is 2. The summed E-state index contributed by atoms with van der Waals surface area (Å²) in [5.41, 5.74) is -0.0355. The van der Waals surface area contributed by atoms with Gasteiger partial charge >= 0.3 is 6.18 Å². The van der Waals surface area contributed by atoms with Crippen molar-refractivity contribution < 1.29 is 18.0 Å². The number of carbonyl (C=O) groups excluding carboxylic acids is 1. The van der Waals surface area contributed by atoms with Gasteiger partial charge in [-0.1, -0.05) is 20.8 Å². The van der Waals surface area contributed by atoms with Crippen LogP contribution in [0.25, 0.3) is 0 Å². The van der Waals surface area contributed by atoms with Gasteiger partial charge in [-0.2, -0.15) is 13.2 Å². The van der Waals surface area contributed by atoms with E-state index in [1.165, 1.54) is 6.07 Å². The van der Waals surface area contributed by atoms with Crippen LogP contribution in [0.3, 0.4) is 0 Å². The molecule has 1 aliphatic rings. The minimum atomic E-state index is -4.38. The van der Waals surface area contributed by atoms with Crippen LogP contribution in [0.15, 0.2) is 18.2 Å². The molecule has 0 saturated heterocycles. The van der Waals surface area contributed by atoms with Gasteiger partial charge < -0.3 is 10.6 Å². The highest BCUT2D eigenvalue weighted by atomic mass is 19.4. The van der Waals surface area contributed by atoms with Crippen molar-refractivity contribution in [3.63, 3.8) is 0 Å². The monoisotopic (exact) mass is 286 g/mol. The zero-order valence-electron chi connectivity index (χ0n) is 11.6. The Labute approximate surface area is 115 Å². The number of rotatable bonds is 0. The minimum absolute atomic E-state index is 0.0949. The van der Waals surface area contributed by atoms with Crippen LogP contribution >= 0.6 is 0 Å². The van der Waals surface area contributed by atoms with Gasteiger partial charge in [0, 0.05) is 12.2 Å². The molecular formula is C14H17F3N2O. The Bertz CT molecular complexity index is 532. The number of fused-ring (bicyclic) bond motifs is 1. The number of alkyl halides is 3. The van der Waals surface area contributed by atoms with E-state index >= 15 is 0 Å². The molecule has 3 nitrogen and oxygen atoms in total. The molecule has 1 aromatic carbocycles. The quantitative estimate of drug-likeness (QED) is 0.769. The summed E-state index contributed by atoms with van der Waals surface area (Å²) < 4.78 is 38.1. The van der Waals surface area contributed by atoms with Crippen LogP contribution in [-0.4, -0.2) is 11.9 Å². The third kappa shape index (κ3) is 2.89. The molecule has 0 unspecified atom stereocenters. The van der Waals surface area contributed by atoms with Gasteiger partial charge in [-0.05, 0) is 29.2 Å². The standard InChI is InChI=1S/C14H17F3N2O/c1-13(2,3)11-12(20)18-7-8-6-9(14(15,16)17)4-5-10(8)19-11/h4-6,11,19H,7H2,1-3H3,(H,18,20)/t11-/m0/s1. The Morgan fingerprint density at radius 1 is 1.20 bits per heavy atom. The number of halogens is 3. The van der Waals surface area contributed by atoms with Crippen LogP contribution in [0, 0.1) is 5.41 Å². The summed E-state index contributed by atoms with van der Waals surface area (Å²) in [7, 11) is 0. The summed E-state index contributed by atoms with van der Waals surface area (Å²) in [5, 5.41) is 5.72. The molecule has 0 bridgehead atoms. The molecule has 1 aromatic rings. The fraction of sp³-hybridized carbons (Fsp3) is 0.500. The van der Waals surface area contributed by atoms with Gasteiger partial charge in [0.1, 0.15) is 6.04 Å². The van der Waals surface area contributed by atoms with Gasteiger partial charge in [0.05, 0.1) is 5.56 Å². The minimum Gasteiger partial charge on any atom is -0.373 e. The average molecular weight is 286 g/mol. The lowest BCUT2D eigenvalue weighted by atomic mass is 9.86. The summed E-state index contributed by atoms with van der Waals surface area (Å²) in [6.45, 7) is 5.80. The van der Waals surface area contributed by atoms with Gasteiger partial charge in [-0.25, -0.2) is 0 Å². The van der Waals surface area contributed by atoms with E-state index in [1.54, 1.807) is 0 Å². The molecule has 0 spiro atoms. The van der Waals surface area contributed by atoms with Crippen LogP contribution in [-0.2, 0) is 17.5 Å². The Morgan fingerprint density at radius 2 is 1.85 bits per heavy atom. The van der Waals surface area contributed by atoms with Crippen LogP contribution in [0.5, 0.6) is 0 Å². The predicted octanol–water partition coefficient (Wildman–Crippen LogP) is 3.16. The highest BCUT2D eigenvalue weighted by molar-refractivity contribution is 5.87. The summed E-state index contributed by atoms with van der Waals surface area (Å²) >= 11 is 0. The predicted molar refractivity (Wildman–Crippen MR) is 70.2 cm³/mol. The molecule has 6 heteroatoms. The highest BCUT2D eigenvalue weighted by Gasteiger charge is 2.35. The van der Waals surface area contributed by atoms with E-state index in [-0.39, 0.29) is 17.9 Å². The highest BCUT2D eigenvalue weighted by Crippen LogP contribution is 2.34. The molecule has 20 heavy (non-hydrogen) atoms. The normalized spacial score (nSPS) is 19.7. The third-order valence-electron chi connectivity index (χ3n) is 3.31. The van der Waals surface area contributed by atoms with Gasteiger partial charge in [0.15, 0.2) is 0 Å². The van der Waals surface area contributed by atoms with Crippen LogP contribution in [0.4, 0.5) is 18.9 Å². The Morgan fingerprint density at radius 3 is 2.40 bits per heavy atom. The summed E-state index contributed by atoms with van der Waals surface area (Å²) in [6, 6.07) is 3.01. The molecule has 1 heterocycles. The Hall–Kier alpha value is -1.72. The van der Waals surface area contributed by atoms with Crippen molar-refractivity contribution in [1.29, 1.82) is 0 Å². The first-order valence-electron chi connectivity index (χ1n) is 6.33. The van der Waals surface area contributed by atoms with Crippen LogP contribution in [0.2, 0.25) is 0 Å².